The number of hydrogen-bond acceptors (Lipinski definition) is 4. The number of halogens is 1. The summed E-state index contributed by atoms with van der Waals surface area (Å²) >= 11 is 1.52. The molecule has 1 amide bonds. The van der Waals surface area contributed by atoms with E-state index in [1.54, 1.807) is 12.1 Å². The highest BCUT2D eigenvalue weighted by molar-refractivity contribution is 7.09. The Bertz CT molecular complexity index is 742. The summed E-state index contributed by atoms with van der Waals surface area (Å²) in [4.78, 5) is 18.6. The summed E-state index contributed by atoms with van der Waals surface area (Å²) in [7, 11) is 0. The highest BCUT2D eigenvalue weighted by atomic mass is 32.1. The van der Waals surface area contributed by atoms with Crippen molar-refractivity contribution in [1.82, 2.24) is 9.88 Å². The van der Waals surface area contributed by atoms with Crippen LogP contribution in [0.15, 0.2) is 29.6 Å². The number of aromatic nitrogens is 1. The fraction of sp³-hybridized carbons (Fsp3) is 0.389. The normalized spacial score (nSPS) is 15.2. The average molecular weight is 343 g/mol. The van der Waals surface area contributed by atoms with Crippen molar-refractivity contribution in [2.75, 3.05) is 13.1 Å². The first-order valence-electron chi connectivity index (χ1n) is 8.03. The van der Waals surface area contributed by atoms with Crippen molar-refractivity contribution >= 4 is 17.2 Å². The lowest BCUT2D eigenvalue weighted by atomic mass is 9.98. The Morgan fingerprint density at radius 3 is 2.71 bits per heavy atom. The van der Waals surface area contributed by atoms with Gasteiger partial charge < -0.3 is 4.90 Å². The van der Waals surface area contributed by atoms with Gasteiger partial charge in [-0.3, -0.25) is 4.79 Å². The summed E-state index contributed by atoms with van der Waals surface area (Å²) < 4.78 is 13.0. The molecule has 4 nitrogen and oxygen atoms in total. The Kier molecular flexibility index (Phi) is 5.21. The predicted molar refractivity (Wildman–Crippen MR) is 90.7 cm³/mol. The zero-order valence-corrected chi connectivity index (χ0v) is 14.1. The quantitative estimate of drug-likeness (QED) is 0.851. The molecular formula is C18H18FN3OS. The average Bonchev–Trinajstić information content (AvgIpc) is 3.09. The molecule has 0 radical (unpaired) electrons. The summed E-state index contributed by atoms with van der Waals surface area (Å²) in [5.41, 5.74) is 1.70. The van der Waals surface area contributed by atoms with Gasteiger partial charge in [0.05, 0.1) is 16.8 Å². The lowest BCUT2D eigenvalue weighted by Gasteiger charge is -2.29. The second-order valence-corrected chi connectivity index (χ2v) is 6.86. The zero-order chi connectivity index (χ0) is 16.9. The number of likely N-dealkylation sites (tertiary alicyclic amines) is 1. The van der Waals surface area contributed by atoms with Crippen molar-refractivity contribution in [3.63, 3.8) is 0 Å². The number of hydrogen-bond donors (Lipinski definition) is 0. The molecule has 1 aliphatic rings. The van der Waals surface area contributed by atoms with E-state index in [1.807, 2.05) is 10.3 Å². The molecule has 0 saturated carbocycles. The molecule has 0 spiro atoms. The second-order valence-electron chi connectivity index (χ2n) is 5.92. The van der Waals surface area contributed by atoms with Crippen LogP contribution in [0.1, 0.15) is 24.3 Å². The van der Waals surface area contributed by atoms with Crippen LogP contribution in [0.4, 0.5) is 4.39 Å². The summed E-state index contributed by atoms with van der Waals surface area (Å²) in [6.07, 6.45) is 2.60. The number of nitriles is 1. The van der Waals surface area contributed by atoms with Crippen molar-refractivity contribution < 1.29 is 9.18 Å². The number of amides is 1. The summed E-state index contributed by atoms with van der Waals surface area (Å²) in [5.74, 6) is -0.0452. The van der Waals surface area contributed by atoms with Gasteiger partial charge in [-0.25, -0.2) is 9.37 Å². The van der Waals surface area contributed by atoms with Gasteiger partial charge in [0.15, 0.2) is 0 Å². The van der Waals surface area contributed by atoms with E-state index in [0.29, 0.717) is 25.9 Å². The minimum atomic E-state index is -0.264. The topological polar surface area (TPSA) is 57.0 Å². The molecule has 24 heavy (non-hydrogen) atoms. The highest BCUT2D eigenvalue weighted by Gasteiger charge is 2.22. The number of carbonyl (C=O) groups is 1. The predicted octanol–water partition coefficient (Wildman–Crippen LogP) is 3.64. The van der Waals surface area contributed by atoms with Crippen molar-refractivity contribution in [3.8, 4) is 17.3 Å². The maximum Gasteiger partial charge on any atom is 0.222 e. The number of nitrogens with zero attached hydrogens (tertiary/aromatic N) is 3. The molecule has 0 aliphatic carbocycles. The van der Waals surface area contributed by atoms with E-state index >= 15 is 0 Å². The van der Waals surface area contributed by atoms with Crippen LogP contribution in [0.25, 0.3) is 11.3 Å². The maximum absolute atomic E-state index is 13.0. The van der Waals surface area contributed by atoms with Gasteiger partial charge in [-0.2, -0.15) is 5.26 Å². The third-order valence-electron chi connectivity index (χ3n) is 4.27. The van der Waals surface area contributed by atoms with E-state index in [1.165, 1.54) is 23.5 Å². The Morgan fingerprint density at radius 1 is 1.33 bits per heavy atom. The first kappa shape index (κ1) is 16.6. The second kappa shape index (κ2) is 7.54. The number of aryl methyl sites for hydroxylation is 1. The number of rotatable bonds is 4. The van der Waals surface area contributed by atoms with Gasteiger partial charge in [-0.15, -0.1) is 11.3 Å². The highest BCUT2D eigenvalue weighted by Crippen LogP contribution is 2.23. The lowest BCUT2D eigenvalue weighted by Crippen LogP contribution is -2.38. The minimum Gasteiger partial charge on any atom is -0.343 e. The maximum atomic E-state index is 13.0. The number of benzene rings is 1. The molecule has 0 bridgehead atoms. The van der Waals surface area contributed by atoms with Crippen LogP contribution >= 0.6 is 11.3 Å². The monoisotopic (exact) mass is 343 g/mol. The van der Waals surface area contributed by atoms with E-state index in [2.05, 4.69) is 11.1 Å². The van der Waals surface area contributed by atoms with Crippen LogP contribution in [-0.2, 0) is 11.2 Å². The first-order chi connectivity index (χ1) is 11.7. The third kappa shape index (κ3) is 3.98. The van der Waals surface area contributed by atoms with Gasteiger partial charge in [-0.1, -0.05) is 0 Å². The van der Waals surface area contributed by atoms with Gasteiger partial charge in [0.25, 0.3) is 0 Å². The van der Waals surface area contributed by atoms with Gasteiger partial charge >= 0.3 is 0 Å². The molecule has 0 N–H and O–H groups in total. The Morgan fingerprint density at radius 2 is 2.04 bits per heavy atom. The van der Waals surface area contributed by atoms with Crippen LogP contribution in [-0.4, -0.2) is 28.9 Å². The standard InChI is InChI=1S/C18H18FN3OS/c19-15-3-1-14(2-4-15)16-12-24-17(21-16)5-6-18(23)22-9-7-13(11-20)8-10-22/h1-4,12-13H,5-10H2. The van der Waals surface area contributed by atoms with Gasteiger partial charge in [0.2, 0.25) is 5.91 Å². The number of piperidine rings is 1. The van der Waals surface area contributed by atoms with Gasteiger partial charge in [0, 0.05) is 42.8 Å². The summed E-state index contributed by atoms with van der Waals surface area (Å²) in [5, 5.41) is 11.7. The molecule has 6 heteroatoms. The molecular weight excluding hydrogens is 325 g/mol. The molecule has 1 aromatic heterocycles. The smallest absolute Gasteiger partial charge is 0.222 e. The number of thiazole rings is 1. The Labute approximate surface area is 144 Å². The molecule has 1 aromatic carbocycles. The Hall–Kier alpha value is -2.26. The van der Waals surface area contributed by atoms with Crippen molar-refractivity contribution in [2.24, 2.45) is 5.92 Å². The van der Waals surface area contributed by atoms with Gasteiger partial charge in [0.1, 0.15) is 5.82 Å². The van der Waals surface area contributed by atoms with E-state index in [9.17, 15) is 9.18 Å². The molecule has 2 heterocycles. The van der Waals surface area contributed by atoms with Crippen molar-refractivity contribution in [3.05, 3.63) is 40.5 Å². The Balaban J connectivity index is 1.53. The molecule has 3 rings (SSSR count). The van der Waals surface area contributed by atoms with E-state index in [4.69, 9.17) is 5.26 Å². The van der Waals surface area contributed by atoms with Crippen LogP contribution in [0.2, 0.25) is 0 Å². The fourth-order valence-electron chi connectivity index (χ4n) is 2.81. The van der Waals surface area contributed by atoms with Gasteiger partial charge in [-0.05, 0) is 37.1 Å². The summed E-state index contributed by atoms with van der Waals surface area (Å²) in [6.45, 7) is 1.35. The molecule has 1 fully saturated rings. The van der Waals surface area contributed by atoms with Crippen LogP contribution < -0.4 is 0 Å². The molecule has 0 atom stereocenters. The van der Waals surface area contributed by atoms with Crippen molar-refractivity contribution in [2.45, 2.75) is 25.7 Å². The van der Waals surface area contributed by atoms with Crippen molar-refractivity contribution in [1.29, 1.82) is 5.26 Å². The first-order valence-corrected chi connectivity index (χ1v) is 8.91. The third-order valence-corrected chi connectivity index (χ3v) is 5.18. The largest absolute Gasteiger partial charge is 0.343 e. The summed E-state index contributed by atoms with van der Waals surface area (Å²) in [6, 6.07) is 8.53. The van der Waals surface area contributed by atoms with Crippen LogP contribution in [0.3, 0.4) is 0 Å². The molecule has 2 aromatic rings. The number of carbonyl (C=O) groups excluding carboxylic acids is 1. The zero-order valence-electron chi connectivity index (χ0n) is 13.2. The van der Waals surface area contributed by atoms with E-state index < -0.39 is 0 Å². The van der Waals surface area contributed by atoms with Crippen LogP contribution in [0, 0.1) is 23.1 Å². The van der Waals surface area contributed by atoms with Crippen LogP contribution in [0.5, 0.6) is 0 Å². The lowest BCUT2D eigenvalue weighted by molar-refractivity contribution is -0.132. The van der Waals surface area contributed by atoms with E-state index in [-0.39, 0.29) is 17.6 Å². The fourth-order valence-corrected chi connectivity index (χ4v) is 3.62. The SMILES string of the molecule is N#CC1CCN(C(=O)CCc2nc(-c3ccc(F)cc3)cs2)CC1. The molecule has 1 saturated heterocycles. The molecule has 1 aliphatic heterocycles. The molecule has 124 valence electrons. The molecule has 0 unspecified atom stereocenters. The minimum absolute atomic E-state index is 0.0891. The van der Waals surface area contributed by atoms with E-state index in [0.717, 1.165) is 29.1 Å².